The summed E-state index contributed by atoms with van der Waals surface area (Å²) >= 11 is 0. The Labute approximate surface area is 242 Å². The lowest BCUT2D eigenvalue weighted by atomic mass is 9.99. The van der Waals surface area contributed by atoms with E-state index in [-0.39, 0.29) is 0 Å². The zero-order valence-electron chi connectivity index (χ0n) is 24.9. The molecule has 2 heterocycles. The molecule has 2 fully saturated rings. The number of hydrogen-bond acceptors (Lipinski definition) is 7. The lowest BCUT2D eigenvalue weighted by Gasteiger charge is -2.34. The van der Waals surface area contributed by atoms with Gasteiger partial charge in [0.2, 0.25) is 0 Å². The van der Waals surface area contributed by atoms with E-state index in [0.717, 1.165) is 82.9 Å². The third kappa shape index (κ3) is 11.8. The Hall–Kier alpha value is -2.16. The molecule has 2 aliphatic rings. The molecule has 2 aromatic carbocycles. The number of likely N-dealkylation sites (tertiary alicyclic amines) is 1. The van der Waals surface area contributed by atoms with E-state index in [2.05, 4.69) is 64.9 Å². The number of rotatable bonds is 17. The number of piperidine rings is 1. The first-order chi connectivity index (χ1) is 19.6. The summed E-state index contributed by atoms with van der Waals surface area (Å²) in [6.07, 6.45) is 3.71. The Morgan fingerprint density at radius 1 is 0.575 bits per heavy atom. The first kappa shape index (κ1) is 30.8. The van der Waals surface area contributed by atoms with Crippen molar-refractivity contribution in [1.82, 2.24) is 14.7 Å². The van der Waals surface area contributed by atoms with Crippen molar-refractivity contribution in [3.8, 4) is 11.5 Å². The van der Waals surface area contributed by atoms with E-state index in [1.807, 2.05) is 12.1 Å². The second kappa shape index (κ2) is 17.6. The lowest BCUT2D eigenvalue weighted by molar-refractivity contribution is 0.0619. The van der Waals surface area contributed by atoms with Crippen molar-refractivity contribution in [2.45, 2.75) is 33.1 Å². The third-order valence-electron chi connectivity index (χ3n) is 8.10. The van der Waals surface area contributed by atoms with Gasteiger partial charge in [-0.15, -0.1) is 0 Å². The van der Waals surface area contributed by atoms with Gasteiger partial charge in [0.05, 0.1) is 26.4 Å². The smallest absolute Gasteiger partial charge is 0.119 e. The van der Waals surface area contributed by atoms with Crippen molar-refractivity contribution >= 4 is 0 Å². The summed E-state index contributed by atoms with van der Waals surface area (Å²) < 4.78 is 23.2. The number of ether oxygens (including phenoxy) is 4. The Morgan fingerprint density at radius 2 is 1.05 bits per heavy atom. The molecule has 7 nitrogen and oxygen atoms in total. The van der Waals surface area contributed by atoms with Crippen molar-refractivity contribution in [1.29, 1.82) is 0 Å². The maximum absolute atomic E-state index is 5.88. The van der Waals surface area contributed by atoms with Crippen LogP contribution in [0.2, 0.25) is 0 Å². The van der Waals surface area contributed by atoms with Crippen LogP contribution in [0.3, 0.4) is 0 Å². The van der Waals surface area contributed by atoms with Gasteiger partial charge in [-0.3, -0.25) is 4.90 Å². The van der Waals surface area contributed by atoms with Crippen molar-refractivity contribution in [2.75, 3.05) is 98.5 Å². The Bertz CT molecular complexity index is 924. The summed E-state index contributed by atoms with van der Waals surface area (Å²) in [5.41, 5.74) is 2.61. The molecule has 0 amide bonds. The van der Waals surface area contributed by atoms with Crippen molar-refractivity contribution in [2.24, 2.45) is 5.92 Å². The molecule has 0 unspecified atom stereocenters. The van der Waals surface area contributed by atoms with Crippen molar-refractivity contribution in [3.63, 3.8) is 0 Å². The van der Waals surface area contributed by atoms with Gasteiger partial charge in [-0.1, -0.05) is 36.8 Å². The van der Waals surface area contributed by atoms with Gasteiger partial charge in [0, 0.05) is 45.8 Å². The molecule has 2 aliphatic heterocycles. The SMILES string of the molecule is Cc1ccc(OCCOCCN2CCN(CCc3ccc(OCCOCCN4CCC(C)CC4)cc3)CC2)cc1. The van der Waals surface area contributed by atoms with Crippen molar-refractivity contribution < 1.29 is 18.9 Å². The second-order valence-electron chi connectivity index (χ2n) is 11.3. The van der Waals surface area contributed by atoms with Gasteiger partial charge in [-0.05, 0) is 75.0 Å². The molecule has 0 aromatic heterocycles. The fourth-order valence-electron chi connectivity index (χ4n) is 5.22. The minimum Gasteiger partial charge on any atom is -0.491 e. The van der Waals surface area contributed by atoms with E-state index in [9.17, 15) is 0 Å². The number of aryl methyl sites for hydroxylation is 1. The normalized spacial score (nSPS) is 17.8. The quantitative estimate of drug-likeness (QED) is 0.270. The largest absolute Gasteiger partial charge is 0.491 e. The molecular formula is C33H51N3O4. The van der Waals surface area contributed by atoms with Crippen molar-refractivity contribution in [3.05, 3.63) is 59.7 Å². The molecule has 2 saturated heterocycles. The fourth-order valence-corrected chi connectivity index (χ4v) is 5.22. The standard InChI is InChI=1S/C33H51N3O4/c1-29-3-7-32(8-4-29)39-27-25-38-24-22-36-19-17-35(18-20-36)16-13-31-5-9-33(10-6-31)40-28-26-37-23-21-34-14-11-30(2)12-15-34/h3-10,30H,11-28H2,1-2H3. The molecule has 0 atom stereocenters. The van der Waals surface area contributed by atoms with Crippen LogP contribution >= 0.6 is 0 Å². The van der Waals surface area contributed by atoms with Crippen LogP contribution in [0, 0.1) is 12.8 Å². The molecule has 40 heavy (non-hydrogen) atoms. The summed E-state index contributed by atoms with van der Waals surface area (Å²) in [5, 5.41) is 0. The predicted octanol–water partition coefficient (Wildman–Crippen LogP) is 4.38. The van der Waals surface area contributed by atoms with Gasteiger partial charge in [0.15, 0.2) is 0 Å². The average Bonchev–Trinajstić information content (AvgIpc) is 2.98. The third-order valence-corrected chi connectivity index (χ3v) is 8.10. The first-order valence-electron chi connectivity index (χ1n) is 15.4. The molecule has 0 radical (unpaired) electrons. The number of benzene rings is 2. The van der Waals surface area contributed by atoms with Crippen LogP contribution < -0.4 is 9.47 Å². The first-order valence-corrected chi connectivity index (χ1v) is 15.4. The topological polar surface area (TPSA) is 46.6 Å². The zero-order valence-corrected chi connectivity index (χ0v) is 24.9. The van der Waals surface area contributed by atoms with Crippen LogP contribution in [0.1, 0.15) is 30.9 Å². The number of nitrogens with zero attached hydrogens (tertiary/aromatic N) is 3. The van der Waals surface area contributed by atoms with Gasteiger partial charge < -0.3 is 28.7 Å². The molecule has 2 aromatic rings. The molecule has 4 rings (SSSR count). The average molecular weight is 554 g/mol. The highest BCUT2D eigenvalue weighted by Gasteiger charge is 2.17. The molecule has 7 heteroatoms. The summed E-state index contributed by atoms with van der Waals surface area (Å²) in [4.78, 5) is 7.58. The van der Waals surface area contributed by atoms with Gasteiger partial charge in [0.1, 0.15) is 24.7 Å². The van der Waals surface area contributed by atoms with E-state index in [0.29, 0.717) is 26.4 Å². The molecule has 222 valence electrons. The summed E-state index contributed by atoms with van der Waals surface area (Å²) in [5.74, 6) is 2.71. The second-order valence-corrected chi connectivity index (χ2v) is 11.3. The van der Waals surface area contributed by atoms with E-state index < -0.39 is 0 Å². The van der Waals surface area contributed by atoms with Crippen LogP contribution in [0.25, 0.3) is 0 Å². The molecule has 0 spiro atoms. The summed E-state index contributed by atoms with van der Waals surface area (Å²) in [6, 6.07) is 16.7. The summed E-state index contributed by atoms with van der Waals surface area (Å²) in [6.45, 7) is 18.5. The van der Waals surface area contributed by atoms with Crippen LogP contribution in [0.4, 0.5) is 0 Å². The maximum atomic E-state index is 5.88. The minimum absolute atomic E-state index is 0.594. The van der Waals surface area contributed by atoms with Crippen LogP contribution in [-0.4, -0.2) is 113 Å². The molecule has 0 N–H and O–H groups in total. The highest BCUT2D eigenvalue weighted by molar-refractivity contribution is 5.27. The zero-order chi connectivity index (χ0) is 27.8. The fraction of sp³-hybridized carbons (Fsp3) is 0.636. The van der Waals surface area contributed by atoms with E-state index in [1.165, 1.54) is 37.1 Å². The predicted molar refractivity (Wildman–Crippen MR) is 162 cm³/mol. The maximum Gasteiger partial charge on any atom is 0.119 e. The molecular weight excluding hydrogens is 502 g/mol. The van der Waals surface area contributed by atoms with Gasteiger partial charge in [-0.2, -0.15) is 0 Å². The van der Waals surface area contributed by atoms with Crippen LogP contribution in [0.15, 0.2) is 48.5 Å². The van der Waals surface area contributed by atoms with E-state index >= 15 is 0 Å². The van der Waals surface area contributed by atoms with Crippen LogP contribution in [0.5, 0.6) is 11.5 Å². The molecule has 0 bridgehead atoms. The lowest BCUT2D eigenvalue weighted by Crippen LogP contribution is -2.47. The number of hydrogen-bond donors (Lipinski definition) is 0. The monoisotopic (exact) mass is 553 g/mol. The summed E-state index contributed by atoms with van der Waals surface area (Å²) in [7, 11) is 0. The van der Waals surface area contributed by atoms with Gasteiger partial charge in [-0.25, -0.2) is 0 Å². The highest BCUT2D eigenvalue weighted by atomic mass is 16.5. The van der Waals surface area contributed by atoms with Gasteiger partial charge in [0.25, 0.3) is 0 Å². The highest BCUT2D eigenvalue weighted by Crippen LogP contribution is 2.16. The molecule has 0 aliphatic carbocycles. The van der Waals surface area contributed by atoms with E-state index in [1.54, 1.807) is 0 Å². The Balaban J connectivity index is 0.971. The Morgan fingerprint density at radius 3 is 1.60 bits per heavy atom. The van der Waals surface area contributed by atoms with E-state index in [4.69, 9.17) is 18.9 Å². The number of piperazine rings is 1. The van der Waals surface area contributed by atoms with Gasteiger partial charge >= 0.3 is 0 Å². The minimum atomic E-state index is 0.594. The van der Waals surface area contributed by atoms with Crippen LogP contribution in [-0.2, 0) is 15.9 Å². The Kier molecular flexibility index (Phi) is 13.6. The molecule has 0 saturated carbocycles.